The van der Waals surface area contributed by atoms with Crippen molar-refractivity contribution in [3.63, 3.8) is 0 Å². The largest absolute Gasteiger partial charge is 0.470 e. The van der Waals surface area contributed by atoms with Crippen molar-refractivity contribution >= 4 is 28.8 Å². The van der Waals surface area contributed by atoms with Gasteiger partial charge >= 0.3 is 0 Å². The Morgan fingerprint density at radius 1 is 1.34 bits per heavy atom. The second kappa shape index (κ2) is 8.72. The number of amidine groups is 1. The number of fused-ring (bicyclic) bond motifs is 1. The third-order valence-corrected chi connectivity index (χ3v) is 7.65. The summed E-state index contributed by atoms with van der Waals surface area (Å²) in [5, 5.41) is 14.0. The highest BCUT2D eigenvalue weighted by molar-refractivity contribution is 8.15. The lowest BCUT2D eigenvalue weighted by Gasteiger charge is -2.33. The fraction of sp³-hybridized carbons (Fsp3) is 0.333. The van der Waals surface area contributed by atoms with Crippen LogP contribution in [0.2, 0.25) is 0 Å². The monoisotopic (exact) mass is 499 g/mol. The minimum atomic E-state index is -0.955. The van der Waals surface area contributed by atoms with Gasteiger partial charge in [0, 0.05) is 17.5 Å². The standard InChI is InChI=1S/C24H23F2N5O3S/c1-13-5-15(31-34-13)11-33-21-10-28-19(9-29-21)18(26)7-14-3-4-17(25)16(6-14)23(2)20-8-24(20,12-32)35-22(27)30-23/h3-7,9-10,20,32H,8,11-12H2,1-2H3,(H2,27,30)/b18-7-/t20?,23-,24-/m1/s1. The number of rotatable bonds is 7. The van der Waals surface area contributed by atoms with Gasteiger partial charge in [0.25, 0.3) is 0 Å². The molecule has 35 heavy (non-hydrogen) atoms. The minimum Gasteiger partial charge on any atom is -0.470 e. The number of hydrogen-bond acceptors (Lipinski definition) is 9. The van der Waals surface area contributed by atoms with E-state index in [2.05, 4.69) is 20.1 Å². The summed E-state index contributed by atoms with van der Waals surface area (Å²) in [6.45, 7) is 3.65. The summed E-state index contributed by atoms with van der Waals surface area (Å²) in [6.07, 6.45) is 4.49. The van der Waals surface area contributed by atoms with Crippen LogP contribution in [0.25, 0.3) is 11.9 Å². The smallest absolute Gasteiger partial charge is 0.232 e. The van der Waals surface area contributed by atoms with Crippen LogP contribution in [0.5, 0.6) is 5.88 Å². The molecule has 1 saturated carbocycles. The summed E-state index contributed by atoms with van der Waals surface area (Å²) in [7, 11) is 0. The van der Waals surface area contributed by atoms with E-state index in [1.54, 1.807) is 26.0 Å². The van der Waals surface area contributed by atoms with E-state index in [-0.39, 0.29) is 30.7 Å². The van der Waals surface area contributed by atoms with Gasteiger partial charge in [-0.05, 0) is 44.0 Å². The van der Waals surface area contributed by atoms with Crippen LogP contribution >= 0.6 is 11.8 Å². The third-order valence-electron chi connectivity index (χ3n) is 6.37. The normalized spacial score (nSPS) is 25.7. The number of aliphatic imine (C=N–C) groups is 1. The van der Waals surface area contributed by atoms with Gasteiger partial charge in [-0.25, -0.2) is 18.7 Å². The number of hydrogen-bond donors (Lipinski definition) is 2. The molecule has 3 aromatic rings. The maximum Gasteiger partial charge on any atom is 0.232 e. The van der Waals surface area contributed by atoms with Crippen LogP contribution in [0.4, 0.5) is 8.78 Å². The molecule has 1 aromatic carbocycles. The Labute approximate surface area is 204 Å². The van der Waals surface area contributed by atoms with Crippen LogP contribution in [-0.4, -0.2) is 36.8 Å². The molecule has 3 N–H and O–H groups in total. The molecule has 0 amide bonds. The van der Waals surface area contributed by atoms with E-state index in [9.17, 15) is 13.9 Å². The molecule has 1 aliphatic heterocycles. The van der Waals surface area contributed by atoms with Gasteiger partial charge in [0.05, 0.1) is 29.3 Å². The van der Waals surface area contributed by atoms with E-state index in [1.165, 1.54) is 42.4 Å². The van der Waals surface area contributed by atoms with Gasteiger partial charge in [0.1, 0.15) is 29.6 Å². The van der Waals surface area contributed by atoms with Crippen LogP contribution in [0.15, 0.2) is 46.2 Å². The van der Waals surface area contributed by atoms with Gasteiger partial charge < -0.3 is 20.1 Å². The molecule has 5 rings (SSSR count). The molecule has 0 bridgehead atoms. The summed E-state index contributed by atoms with van der Waals surface area (Å²) >= 11 is 1.33. The quantitative estimate of drug-likeness (QED) is 0.501. The van der Waals surface area contributed by atoms with E-state index in [1.807, 2.05) is 0 Å². The first-order chi connectivity index (χ1) is 16.7. The predicted molar refractivity (Wildman–Crippen MR) is 127 cm³/mol. The number of aryl methyl sites for hydroxylation is 1. The van der Waals surface area contributed by atoms with Crippen molar-refractivity contribution in [3.8, 4) is 5.88 Å². The Bertz CT molecular complexity index is 1330. The fourth-order valence-corrected chi connectivity index (χ4v) is 5.83. The van der Waals surface area contributed by atoms with Gasteiger partial charge in [-0.15, -0.1) is 0 Å². The highest BCUT2D eigenvalue weighted by Gasteiger charge is 2.66. The zero-order valence-corrected chi connectivity index (χ0v) is 19.9. The number of nitrogens with zero attached hydrogens (tertiary/aromatic N) is 4. The second-order valence-corrected chi connectivity index (χ2v) is 10.3. The van der Waals surface area contributed by atoms with Crippen molar-refractivity contribution in [2.24, 2.45) is 16.6 Å². The van der Waals surface area contributed by atoms with E-state index in [0.29, 0.717) is 34.2 Å². The van der Waals surface area contributed by atoms with Gasteiger partial charge in [-0.1, -0.05) is 23.0 Å². The number of thioether (sulfide) groups is 1. The van der Waals surface area contributed by atoms with Crippen molar-refractivity contribution < 1.29 is 23.1 Å². The molecular weight excluding hydrogens is 476 g/mol. The molecule has 0 spiro atoms. The van der Waals surface area contributed by atoms with Gasteiger partial charge in [-0.2, -0.15) is 0 Å². The molecule has 1 aliphatic carbocycles. The van der Waals surface area contributed by atoms with E-state index < -0.39 is 21.9 Å². The number of nitrogens with two attached hydrogens (primary N) is 1. The summed E-state index contributed by atoms with van der Waals surface area (Å²) in [6, 6.07) is 6.06. The molecule has 0 radical (unpaired) electrons. The third kappa shape index (κ3) is 4.41. The molecule has 2 aliphatic rings. The SMILES string of the molecule is Cc1cc(COc2cnc(/C(F)=C/c3ccc(F)c([C@@]4(C)N=C(N)S[C@@]5(CO)CC54)c3)cn2)no1. The average Bonchev–Trinajstić information content (AvgIpc) is 3.44. The number of benzene rings is 1. The minimum absolute atomic E-state index is 0.00420. The molecule has 2 aromatic heterocycles. The Balaban J connectivity index is 1.35. The number of aliphatic hydroxyl groups is 1. The van der Waals surface area contributed by atoms with Crippen molar-refractivity contribution in [1.82, 2.24) is 15.1 Å². The Morgan fingerprint density at radius 2 is 2.17 bits per heavy atom. The molecule has 1 fully saturated rings. The highest BCUT2D eigenvalue weighted by Crippen LogP contribution is 2.65. The van der Waals surface area contributed by atoms with Gasteiger partial charge in [-0.3, -0.25) is 4.99 Å². The second-order valence-electron chi connectivity index (χ2n) is 8.87. The molecule has 8 nitrogen and oxygen atoms in total. The van der Waals surface area contributed by atoms with Gasteiger partial charge in [0.2, 0.25) is 5.88 Å². The number of aliphatic hydroxyl groups excluding tert-OH is 1. The molecular formula is C24H23F2N5O3S. The molecule has 3 atom stereocenters. The maximum absolute atomic E-state index is 15.0. The lowest BCUT2D eigenvalue weighted by Crippen LogP contribution is -2.37. The van der Waals surface area contributed by atoms with E-state index in [0.717, 1.165) is 0 Å². The van der Waals surface area contributed by atoms with Crippen molar-refractivity contribution in [3.05, 3.63) is 70.8 Å². The predicted octanol–water partition coefficient (Wildman–Crippen LogP) is 3.99. The number of aromatic nitrogens is 3. The number of ether oxygens (including phenoxy) is 1. The molecule has 0 saturated heterocycles. The molecule has 11 heteroatoms. The van der Waals surface area contributed by atoms with Crippen LogP contribution in [0.1, 0.15) is 41.6 Å². The van der Waals surface area contributed by atoms with Crippen molar-refractivity contribution in [2.45, 2.75) is 37.2 Å². The Hall–Kier alpha value is -3.31. The fourth-order valence-electron chi connectivity index (χ4n) is 4.49. The summed E-state index contributed by atoms with van der Waals surface area (Å²) < 4.78 is 39.9. The summed E-state index contributed by atoms with van der Waals surface area (Å²) in [5.41, 5.74) is 6.41. The summed E-state index contributed by atoms with van der Waals surface area (Å²) in [4.78, 5) is 12.7. The highest BCUT2D eigenvalue weighted by atomic mass is 32.2. The summed E-state index contributed by atoms with van der Waals surface area (Å²) in [5.74, 6) is -0.303. The van der Waals surface area contributed by atoms with Crippen molar-refractivity contribution in [1.29, 1.82) is 0 Å². The lowest BCUT2D eigenvalue weighted by molar-refractivity contribution is 0.265. The van der Waals surface area contributed by atoms with Crippen LogP contribution in [-0.2, 0) is 12.1 Å². The molecule has 3 heterocycles. The van der Waals surface area contributed by atoms with Crippen LogP contribution < -0.4 is 10.5 Å². The zero-order valence-electron chi connectivity index (χ0n) is 19.0. The first kappa shape index (κ1) is 23.4. The zero-order chi connectivity index (χ0) is 24.8. The first-order valence-electron chi connectivity index (χ1n) is 10.9. The first-order valence-corrected chi connectivity index (χ1v) is 11.7. The van der Waals surface area contributed by atoms with E-state index in [4.69, 9.17) is 15.0 Å². The van der Waals surface area contributed by atoms with Gasteiger partial charge in [0.15, 0.2) is 11.0 Å². The molecule has 182 valence electrons. The Morgan fingerprint density at radius 3 is 2.86 bits per heavy atom. The topological polar surface area (TPSA) is 120 Å². The van der Waals surface area contributed by atoms with Crippen LogP contribution in [0, 0.1) is 18.7 Å². The lowest BCUT2D eigenvalue weighted by atomic mass is 9.85. The number of halogens is 2. The average molecular weight is 500 g/mol. The molecule has 1 unspecified atom stereocenters. The van der Waals surface area contributed by atoms with E-state index >= 15 is 0 Å². The maximum atomic E-state index is 15.0. The van der Waals surface area contributed by atoms with Crippen LogP contribution in [0.3, 0.4) is 0 Å². The Kier molecular flexibility index (Phi) is 5.84. The van der Waals surface area contributed by atoms with Crippen molar-refractivity contribution in [2.75, 3.05) is 6.61 Å².